The second-order valence-electron chi connectivity index (χ2n) is 8.36. The number of ether oxygens (including phenoxy) is 1. The molecule has 1 fully saturated rings. The van der Waals surface area contributed by atoms with Gasteiger partial charge in [-0.05, 0) is 61.2 Å². The molecule has 1 unspecified atom stereocenters. The molecule has 4 rings (SSSR count). The SMILES string of the molecule is COCC1CCCN1CCc1c(-c2cc(C(F)(F)F)cc(C(F)(F)F)c2)[nH]c2ccccc12. The van der Waals surface area contributed by atoms with Crippen molar-refractivity contribution in [2.45, 2.75) is 37.7 Å². The Bertz CT molecular complexity index is 1090. The van der Waals surface area contributed by atoms with Crippen molar-refractivity contribution in [1.82, 2.24) is 9.88 Å². The van der Waals surface area contributed by atoms with Crippen LogP contribution >= 0.6 is 0 Å². The average Bonchev–Trinajstić information content (AvgIpc) is 3.35. The molecule has 1 N–H and O–H groups in total. The van der Waals surface area contributed by atoms with E-state index in [4.69, 9.17) is 4.74 Å². The number of fused-ring (bicyclic) bond motifs is 1. The Morgan fingerprint density at radius 3 is 2.30 bits per heavy atom. The number of alkyl halides is 6. The summed E-state index contributed by atoms with van der Waals surface area (Å²) < 4.78 is 85.9. The number of halogens is 6. The van der Waals surface area contributed by atoms with Crippen molar-refractivity contribution < 1.29 is 31.1 Å². The highest BCUT2D eigenvalue weighted by molar-refractivity contribution is 5.91. The molecule has 1 saturated heterocycles. The van der Waals surface area contributed by atoms with Crippen LogP contribution in [0.25, 0.3) is 22.2 Å². The first-order valence-electron chi connectivity index (χ1n) is 10.7. The van der Waals surface area contributed by atoms with Gasteiger partial charge in [0, 0.05) is 36.3 Å². The molecule has 2 heterocycles. The smallest absolute Gasteiger partial charge is 0.383 e. The van der Waals surface area contributed by atoms with Gasteiger partial charge in [-0.3, -0.25) is 4.90 Å². The highest BCUT2D eigenvalue weighted by atomic mass is 19.4. The summed E-state index contributed by atoms with van der Waals surface area (Å²) in [6, 6.07) is 9.17. The first-order chi connectivity index (χ1) is 15.6. The molecular formula is C24H24F6N2O. The van der Waals surface area contributed by atoms with E-state index in [0.29, 0.717) is 30.7 Å². The minimum Gasteiger partial charge on any atom is -0.383 e. The zero-order valence-corrected chi connectivity index (χ0v) is 18.0. The number of H-pyrrole nitrogens is 1. The van der Waals surface area contributed by atoms with E-state index in [0.717, 1.165) is 36.9 Å². The lowest BCUT2D eigenvalue weighted by molar-refractivity contribution is -0.143. The van der Waals surface area contributed by atoms with E-state index in [-0.39, 0.29) is 23.4 Å². The number of rotatable bonds is 6. The van der Waals surface area contributed by atoms with E-state index in [2.05, 4.69) is 9.88 Å². The maximum absolute atomic E-state index is 13.4. The molecular weight excluding hydrogens is 446 g/mol. The quantitative estimate of drug-likeness (QED) is 0.415. The van der Waals surface area contributed by atoms with Crippen LogP contribution in [0.1, 0.15) is 29.5 Å². The van der Waals surface area contributed by atoms with Crippen molar-refractivity contribution in [3.63, 3.8) is 0 Å². The first kappa shape index (κ1) is 23.6. The molecule has 0 spiro atoms. The summed E-state index contributed by atoms with van der Waals surface area (Å²) in [7, 11) is 1.64. The number of aromatic nitrogens is 1. The Kier molecular flexibility index (Phi) is 6.46. The van der Waals surface area contributed by atoms with E-state index in [1.807, 2.05) is 6.07 Å². The van der Waals surface area contributed by atoms with Gasteiger partial charge >= 0.3 is 12.4 Å². The van der Waals surface area contributed by atoms with Crippen LogP contribution in [0.2, 0.25) is 0 Å². The Labute approximate surface area is 187 Å². The van der Waals surface area contributed by atoms with Crippen LogP contribution in [-0.2, 0) is 23.5 Å². The van der Waals surface area contributed by atoms with Crippen molar-refractivity contribution in [1.29, 1.82) is 0 Å². The molecule has 9 heteroatoms. The number of benzene rings is 2. The van der Waals surface area contributed by atoms with Gasteiger partial charge < -0.3 is 9.72 Å². The summed E-state index contributed by atoms with van der Waals surface area (Å²) in [5.41, 5.74) is -1.11. The molecule has 1 atom stereocenters. The molecule has 3 aromatic rings. The van der Waals surface area contributed by atoms with E-state index < -0.39 is 23.5 Å². The predicted molar refractivity (Wildman–Crippen MR) is 114 cm³/mol. The minimum absolute atomic E-state index is 0.127. The Balaban J connectivity index is 1.78. The number of nitrogens with one attached hydrogen (secondary N) is 1. The van der Waals surface area contributed by atoms with Gasteiger partial charge in [0.25, 0.3) is 0 Å². The van der Waals surface area contributed by atoms with Gasteiger partial charge in [0.05, 0.1) is 17.7 Å². The van der Waals surface area contributed by atoms with Crippen molar-refractivity contribution in [3.05, 3.63) is 59.2 Å². The van der Waals surface area contributed by atoms with Crippen LogP contribution in [0, 0.1) is 0 Å². The van der Waals surface area contributed by atoms with E-state index >= 15 is 0 Å². The van der Waals surface area contributed by atoms with Crippen LogP contribution < -0.4 is 0 Å². The fraction of sp³-hybridized carbons (Fsp3) is 0.417. The number of methoxy groups -OCH3 is 1. The summed E-state index contributed by atoms with van der Waals surface area (Å²) in [6.07, 6.45) is -7.29. The molecule has 0 radical (unpaired) electrons. The number of aromatic amines is 1. The molecule has 0 saturated carbocycles. The minimum atomic E-state index is -4.90. The van der Waals surface area contributed by atoms with Crippen molar-refractivity contribution in [2.24, 2.45) is 0 Å². The second-order valence-corrected chi connectivity index (χ2v) is 8.36. The lowest BCUT2D eigenvalue weighted by Gasteiger charge is -2.24. The summed E-state index contributed by atoms with van der Waals surface area (Å²) in [6.45, 7) is 2.10. The predicted octanol–water partition coefficient (Wildman–Crippen LogP) is 6.53. The van der Waals surface area contributed by atoms with E-state index in [1.54, 1.807) is 25.3 Å². The number of hydrogen-bond donors (Lipinski definition) is 1. The van der Waals surface area contributed by atoms with Gasteiger partial charge in [0.2, 0.25) is 0 Å². The highest BCUT2D eigenvalue weighted by Crippen LogP contribution is 2.40. The first-order valence-corrected chi connectivity index (χ1v) is 10.7. The lowest BCUT2D eigenvalue weighted by atomic mass is 9.98. The zero-order chi connectivity index (χ0) is 23.8. The maximum atomic E-state index is 13.4. The summed E-state index contributed by atoms with van der Waals surface area (Å²) >= 11 is 0. The standard InChI is InChI=1S/C24H24F6N2O/c1-33-14-18-5-4-9-32(18)10-8-20-19-6-2-3-7-21(19)31-22(20)15-11-16(23(25,26)27)13-17(12-15)24(28,29)30/h2-3,6-7,11-13,18,31H,4-5,8-10,14H2,1H3. The third-order valence-electron chi connectivity index (χ3n) is 6.20. The van der Waals surface area contributed by atoms with Gasteiger partial charge in [-0.15, -0.1) is 0 Å². The number of hydrogen-bond acceptors (Lipinski definition) is 2. The van der Waals surface area contributed by atoms with E-state index in [9.17, 15) is 26.3 Å². The Morgan fingerprint density at radius 1 is 1.00 bits per heavy atom. The Hall–Kier alpha value is -2.52. The number of nitrogens with zero attached hydrogens (tertiary/aromatic N) is 1. The maximum Gasteiger partial charge on any atom is 0.416 e. The largest absolute Gasteiger partial charge is 0.416 e. The fourth-order valence-corrected chi connectivity index (χ4v) is 4.63. The van der Waals surface area contributed by atoms with Crippen LogP contribution in [0.5, 0.6) is 0 Å². The van der Waals surface area contributed by atoms with Crippen LogP contribution in [0.15, 0.2) is 42.5 Å². The van der Waals surface area contributed by atoms with Gasteiger partial charge in [0.15, 0.2) is 0 Å². The fourth-order valence-electron chi connectivity index (χ4n) is 4.63. The van der Waals surface area contributed by atoms with Gasteiger partial charge in [-0.1, -0.05) is 18.2 Å². The topological polar surface area (TPSA) is 28.3 Å². The third kappa shape index (κ3) is 5.04. The van der Waals surface area contributed by atoms with E-state index in [1.165, 1.54) is 0 Å². The molecule has 0 amide bonds. The van der Waals surface area contributed by atoms with Crippen LogP contribution in [-0.4, -0.2) is 42.7 Å². The third-order valence-corrected chi connectivity index (χ3v) is 6.20. The monoisotopic (exact) mass is 470 g/mol. The highest BCUT2D eigenvalue weighted by Gasteiger charge is 2.37. The van der Waals surface area contributed by atoms with Crippen molar-refractivity contribution >= 4 is 10.9 Å². The molecule has 0 aliphatic carbocycles. The molecule has 1 aliphatic rings. The molecule has 1 aromatic heterocycles. The number of para-hydroxylation sites is 1. The summed E-state index contributed by atoms with van der Waals surface area (Å²) in [5, 5.41) is 0.793. The molecule has 1 aliphatic heterocycles. The molecule has 2 aromatic carbocycles. The zero-order valence-electron chi connectivity index (χ0n) is 18.0. The second kappa shape index (κ2) is 9.02. The average molecular weight is 470 g/mol. The van der Waals surface area contributed by atoms with Gasteiger partial charge in [-0.25, -0.2) is 0 Å². The van der Waals surface area contributed by atoms with Gasteiger partial charge in [0.1, 0.15) is 0 Å². The molecule has 178 valence electrons. The lowest BCUT2D eigenvalue weighted by Crippen LogP contribution is -2.34. The molecule has 0 bridgehead atoms. The normalized spacial score (nSPS) is 17.8. The van der Waals surface area contributed by atoms with Crippen molar-refractivity contribution in [3.8, 4) is 11.3 Å². The molecule has 33 heavy (non-hydrogen) atoms. The Morgan fingerprint density at radius 2 is 1.67 bits per heavy atom. The molecule has 3 nitrogen and oxygen atoms in total. The van der Waals surface area contributed by atoms with Crippen LogP contribution in [0.3, 0.4) is 0 Å². The number of likely N-dealkylation sites (tertiary alicyclic amines) is 1. The van der Waals surface area contributed by atoms with Crippen molar-refractivity contribution in [2.75, 3.05) is 26.8 Å². The summed E-state index contributed by atoms with van der Waals surface area (Å²) in [5.74, 6) is 0. The van der Waals surface area contributed by atoms with Crippen LogP contribution in [0.4, 0.5) is 26.3 Å². The van der Waals surface area contributed by atoms with Gasteiger partial charge in [-0.2, -0.15) is 26.3 Å². The summed E-state index contributed by atoms with van der Waals surface area (Å²) in [4.78, 5) is 5.34.